The SMILES string of the molecule is Cc1cc(C(=O)COc2ccccc2[N+](=O)[O-])c(C)n1-c1nccs1. The van der Waals surface area contributed by atoms with Gasteiger partial charge in [-0.3, -0.25) is 19.5 Å². The Hall–Kier alpha value is -3.00. The first-order valence-corrected chi connectivity index (χ1v) is 8.35. The van der Waals surface area contributed by atoms with Crippen LogP contribution in [-0.4, -0.2) is 26.9 Å². The number of hydrogen-bond acceptors (Lipinski definition) is 6. The van der Waals surface area contributed by atoms with Crippen LogP contribution >= 0.6 is 11.3 Å². The summed E-state index contributed by atoms with van der Waals surface area (Å²) >= 11 is 1.48. The van der Waals surface area contributed by atoms with Crippen molar-refractivity contribution in [3.8, 4) is 10.9 Å². The van der Waals surface area contributed by atoms with Crippen LogP contribution in [0.1, 0.15) is 21.7 Å². The lowest BCUT2D eigenvalue weighted by Gasteiger charge is -2.07. The maximum absolute atomic E-state index is 12.5. The van der Waals surface area contributed by atoms with Crippen molar-refractivity contribution in [2.45, 2.75) is 13.8 Å². The Morgan fingerprint density at radius 3 is 2.80 bits per heavy atom. The number of benzene rings is 1. The van der Waals surface area contributed by atoms with Gasteiger partial charge in [-0.15, -0.1) is 11.3 Å². The Bertz CT molecular complexity index is 932. The van der Waals surface area contributed by atoms with Crippen LogP contribution < -0.4 is 4.74 Å². The number of thiazole rings is 1. The van der Waals surface area contributed by atoms with Crippen molar-refractivity contribution < 1.29 is 14.5 Å². The Morgan fingerprint density at radius 1 is 1.36 bits per heavy atom. The van der Waals surface area contributed by atoms with Gasteiger partial charge in [-0.25, -0.2) is 4.98 Å². The lowest BCUT2D eigenvalue weighted by molar-refractivity contribution is -0.385. The van der Waals surface area contributed by atoms with Crippen LogP contribution in [-0.2, 0) is 0 Å². The number of para-hydroxylation sites is 2. The number of aromatic nitrogens is 2. The van der Waals surface area contributed by atoms with Crippen molar-refractivity contribution in [3.05, 3.63) is 69.0 Å². The van der Waals surface area contributed by atoms with E-state index in [1.165, 1.54) is 23.5 Å². The molecule has 0 bridgehead atoms. The summed E-state index contributed by atoms with van der Waals surface area (Å²) in [6, 6.07) is 7.77. The predicted octanol–water partition coefficient (Wildman–Crippen LogP) is 3.72. The van der Waals surface area contributed by atoms with E-state index in [1.54, 1.807) is 24.4 Å². The quantitative estimate of drug-likeness (QED) is 0.381. The summed E-state index contributed by atoms with van der Waals surface area (Å²) in [7, 11) is 0. The van der Waals surface area contributed by atoms with Gasteiger partial charge in [0, 0.05) is 34.6 Å². The molecule has 3 aromatic rings. The zero-order valence-corrected chi connectivity index (χ0v) is 14.4. The molecule has 8 heteroatoms. The molecular formula is C17H15N3O4S. The minimum atomic E-state index is -0.534. The van der Waals surface area contributed by atoms with Crippen molar-refractivity contribution >= 4 is 22.8 Å². The van der Waals surface area contributed by atoms with E-state index in [-0.39, 0.29) is 23.8 Å². The minimum absolute atomic E-state index is 0.0783. The molecule has 0 amide bonds. The highest BCUT2D eigenvalue weighted by atomic mass is 32.1. The average molecular weight is 357 g/mol. The van der Waals surface area contributed by atoms with Gasteiger partial charge in [-0.05, 0) is 26.0 Å². The van der Waals surface area contributed by atoms with Crippen molar-refractivity contribution in [3.63, 3.8) is 0 Å². The predicted molar refractivity (Wildman–Crippen MR) is 93.8 cm³/mol. The molecule has 2 aromatic heterocycles. The number of hydrogen-bond donors (Lipinski definition) is 0. The third-order valence-corrected chi connectivity index (χ3v) is 4.52. The highest BCUT2D eigenvalue weighted by Crippen LogP contribution is 2.27. The summed E-state index contributed by atoms with van der Waals surface area (Å²) in [6.45, 7) is 3.47. The topological polar surface area (TPSA) is 87.3 Å². The maximum Gasteiger partial charge on any atom is 0.310 e. The normalized spacial score (nSPS) is 10.6. The summed E-state index contributed by atoms with van der Waals surface area (Å²) in [5.74, 6) is -0.163. The second kappa shape index (κ2) is 6.86. The van der Waals surface area contributed by atoms with Gasteiger partial charge in [0.25, 0.3) is 0 Å². The molecule has 0 saturated carbocycles. The zero-order chi connectivity index (χ0) is 18.0. The van der Waals surface area contributed by atoms with Crippen molar-refractivity contribution in [1.82, 2.24) is 9.55 Å². The Morgan fingerprint density at radius 2 is 2.12 bits per heavy atom. The van der Waals surface area contributed by atoms with Gasteiger partial charge in [-0.1, -0.05) is 12.1 Å². The molecule has 2 heterocycles. The van der Waals surface area contributed by atoms with Gasteiger partial charge in [0.1, 0.15) is 0 Å². The van der Waals surface area contributed by atoms with E-state index < -0.39 is 4.92 Å². The van der Waals surface area contributed by atoms with E-state index in [0.29, 0.717) is 5.56 Å². The van der Waals surface area contributed by atoms with Gasteiger partial charge in [0.2, 0.25) is 5.78 Å². The molecule has 0 atom stereocenters. The van der Waals surface area contributed by atoms with Crippen molar-refractivity contribution in [2.75, 3.05) is 6.61 Å². The standard InChI is InChI=1S/C17H15N3O4S/c1-11-9-13(12(2)19(11)17-18-7-8-25-17)15(21)10-24-16-6-4-3-5-14(16)20(22)23/h3-9H,10H2,1-2H3. The lowest BCUT2D eigenvalue weighted by atomic mass is 10.1. The molecule has 0 unspecified atom stereocenters. The number of aryl methyl sites for hydroxylation is 1. The highest BCUT2D eigenvalue weighted by molar-refractivity contribution is 7.12. The lowest BCUT2D eigenvalue weighted by Crippen LogP contribution is -2.13. The number of carbonyl (C=O) groups excluding carboxylic acids is 1. The molecule has 1 aromatic carbocycles. The number of nitrogens with zero attached hydrogens (tertiary/aromatic N) is 3. The van der Waals surface area contributed by atoms with Crippen LogP contribution in [0.5, 0.6) is 5.75 Å². The molecular weight excluding hydrogens is 342 g/mol. The molecule has 128 valence electrons. The van der Waals surface area contributed by atoms with Gasteiger partial charge in [-0.2, -0.15) is 0 Å². The maximum atomic E-state index is 12.5. The highest BCUT2D eigenvalue weighted by Gasteiger charge is 2.20. The number of ketones is 1. The van der Waals surface area contributed by atoms with Crippen LogP contribution in [0.3, 0.4) is 0 Å². The number of nitro benzene ring substituents is 1. The average Bonchev–Trinajstić information content (AvgIpc) is 3.20. The Balaban J connectivity index is 1.81. The first kappa shape index (κ1) is 16.8. The monoisotopic (exact) mass is 357 g/mol. The number of Topliss-reactive ketones (excluding diaryl/α,β-unsaturated/α-hetero) is 1. The molecule has 25 heavy (non-hydrogen) atoms. The fourth-order valence-electron chi connectivity index (χ4n) is 2.62. The summed E-state index contributed by atoms with van der Waals surface area (Å²) in [5.41, 5.74) is 2.01. The molecule has 3 rings (SSSR count). The third kappa shape index (κ3) is 3.29. The molecule has 0 fully saturated rings. The second-order valence-corrected chi connectivity index (χ2v) is 6.24. The van der Waals surface area contributed by atoms with Crippen molar-refractivity contribution in [2.24, 2.45) is 0 Å². The molecule has 7 nitrogen and oxygen atoms in total. The van der Waals surface area contributed by atoms with Gasteiger partial charge in [0.05, 0.1) is 4.92 Å². The first-order valence-electron chi connectivity index (χ1n) is 7.47. The van der Waals surface area contributed by atoms with Crippen molar-refractivity contribution in [1.29, 1.82) is 0 Å². The van der Waals surface area contributed by atoms with E-state index in [4.69, 9.17) is 4.74 Å². The fraction of sp³-hybridized carbons (Fsp3) is 0.176. The third-order valence-electron chi connectivity index (χ3n) is 3.76. The van der Waals surface area contributed by atoms with E-state index in [1.807, 2.05) is 23.8 Å². The summed E-state index contributed by atoms with van der Waals surface area (Å²) in [6.07, 6.45) is 1.71. The van der Waals surface area contributed by atoms with Gasteiger partial charge in [0.15, 0.2) is 17.5 Å². The molecule has 0 aliphatic heterocycles. The summed E-state index contributed by atoms with van der Waals surface area (Å²) in [4.78, 5) is 27.3. The van der Waals surface area contributed by atoms with Crippen LogP contribution in [0.25, 0.3) is 5.13 Å². The number of ether oxygens (including phenoxy) is 1. The minimum Gasteiger partial charge on any atom is -0.478 e. The van der Waals surface area contributed by atoms with E-state index in [9.17, 15) is 14.9 Å². The fourth-order valence-corrected chi connectivity index (χ4v) is 3.37. The Labute approximate surface area is 147 Å². The summed E-state index contributed by atoms with van der Waals surface area (Å²) < 4.78 is 7.30. The summed E-state index contributed by atoms with van der Waals surface area (Å²) in [5, 5.41) is 13.7. The van der Waals surface area contributed by atoms with E-state index in [2.05, 4.69) is 4.98 Å². The van der Waals surface area contributed by atoms with Gasteiger partial charge < -0.3 is 4.74 Å². The largest absolute Gasteiger partial charge is 0.478 e. The molecule has 0 spiro atoms. The number of nitro groups is 1. The molecule has 0 saturated heterocycles. The molecule has 0 aliphatic carbocycles. The number of carbonyl (C=O) groups is 1. The molecule has 0 N–H and O–H groups in total. The zero-order valence-electron chi connectivity index (χ0n) is 13.6. The first-order chi connectivity index (χ1) is 12.0. The van der Waals surface area contributed by atoms with Crippen LogP contribution in [0.2, 0.25) is 0 Å². The van der Waals surface area contributed by atoms with Crippen LogP contribution in [0.4, 0.5) is 5.69 Å². The number of rotatable bonds is 6. The van der Waals surface area contributed by atoms with Crippen LogP contribution in [0, 0.1) is 24.0 Å². The van der Waals surface area contributed by atoms with E-state index in [0.717, 1.165) is 16.5 Å². The second-order valence-electron chi connectivity index (χ2n) is 5.37. The van der Waals surface area contributed by atoms with E-state index >= 15 is 0 Å². The van der Waals surface area contributed by atoms with Crippen LogP contribution in [0.15, 0.2) is 41.9 Å². The Kier molecular flexibility index (Phi) is 4.62. The molecule has 0 radical (unpaired) electrons. The smallest absolute Gasteiger partial charge is 0.310 e. The van der Waals surface area contributed by atoms with Gasteiger partial charge >= 0.3 is 5.69 Å². The molecule has 0 aliphatic rings.